The zero-order valence-corrected chi connectivity index (χ0v) is 33.0. The minimum absolute atomic E-state index is 0. The van der Waals surface area contributed by atoms with Crippen molar-refractivity contribution in [3.05, 3.63) is 185 Å². The summed E-state index contributed by atoms with van der Waals surface area (Å²) in [4.78, 5) is 0. The van der Waals surface area contributed by atoms with Crippen LogP contribution in [0.15, 0.2) is 140 Å². The van der Waals surface area contributed by atoms with Gasteiger partial charge in [0, 0.05) is 6.61 Å². The average molecular weight is 879 g/mol. The van der Waals surface area contributed by atoms with Crippen LogP contribution in [0.5, 0.6) is 0 Å². The van der Waals surface area contributed by atoms with E-state index in [0.717, 1.165) is 45.4 Å². The number of aryl methyl sites for hydroxylation is 1. The Balaban J connectivity index is 0.00000481. The fourth-order valence-electron chi connectivity index (χ4n) is 6.77. The van der Waals surface area contributed by atoms with E-state index in [1.54, 1.807) is 0 Å². The van der Waals surface area contributed by atoms with E-state index < -0.39 is 30.2 Å². The monoisotopic (exact) mass is 878 g/mol. The average Bonchev–Trinajstić information content (AvgIpc) is 3.21. The second-order valence-corrected chi connectivity index (χ2v) is 13.2. The molecule has 272 valence electrons. The SMILES string of the molecule is CCc1[c-]c(C2=[C-][C@]3(OCC2)O[C@H](COCc2ccccc2)[C@@H](OCc2ccccc2)[C@H](OCc2ccccc2)[C@H]3OCc2ccccc2)ccc1.[W+2]. The Hall–Kier alpha value is -3.71. The van der Waals surface area contributed by atoms with Crippen molar-refractivity contribution in [3.63, 3.8) is 0 Å². The fraction of sp³-hybridized carbons (Fsp3) is 0.304. The van der Waals surface area contributed by atoms with Gasteiger partial charge in [-0.15, -0.1) is 6.07 Å². The molecule has 1 fully saturated rings. The molecule has 1 spiro atoms. The third kappa shape index (κ3) is 10.3. The summed E-state index contributed by atoms with van der Waals surface area (Å²) in [6.07, 6.45) is 2.74. The van der Waals surface area contributed by atoms with Gasteiger partial charge in [-0.2, -0.15) is 11.6 Å². The van der Waals surface area contributed by atoms with Crippen LogP contribution in [-0.4, -0.2) is 43.4 Å². The largest absolute Gasteiger partial charge is 2.00 e. The summed E-state index contributed by atoms with van der Waals surface area (Å²) >= 11 is 0. The molecule has 0 aliphatic carbocycles. The summed E-state index contributed by atoms with van der Waals surface area (Å²) in [5.74, 6) is -1.41. The number of rotatable bonds is 15. The molecule has 2 aliphatic heterocycles. The molecule has 0 bridgehead atoms. The predicted octanol–water partition coefficient (Wildman–Crippen LogP) is 8.72. The minimum atomic E-state index is -1.41. The van der Waals surface area contributed by atoms with Gasteiger partial charge >= 0.3 is 21.1 Å². The Bertz CT molecular complexity index is 1840. The molecule has 0 aromatic heterocycles. The zero-order valence-electron chi connectivity index (χ0n) is 30.1. The molecule has 0 saturated carbocycles. The van der Waals surface area contributed by atoms with Crippen molar-refractivity contribution in [1.29, 1.82) is 0 Å². The van der Waals surface area contributed by atoms with Crippen LogP contribution < -0.4 is 0 Å². The molecule has 6 nitrogen and oxygen atoms in total. The first-order valence-corrected chi connectivity index (χ1v) is 18.2. The van der Waals surface area contributed by atoms with E-state index in [1.165, 1.54) is 0 Å². The molecule has 5 atom stereocenters. The Labute approximate surface area is 328 Å². The first-order valence-electron chi connectivity index (χ1n) is 18.2. The van der Waals surface area contributed by atoms with Crippen molar-refractivity contribution in [2.75, 3.05) is 13.2 Å². The summed E-state index contributed by atoms with van der Waals surface area (Å²) in [7, 11) is 0. The van der Waals surface area contributed by atoms with Crippen molar-refractivity contribution in [1.82, 2.24) is 0 Å². The van der Waals surface area contributed by atoms with E-state index in [4.69, 9.17) is 28.4 Å². The van der Waals surface area contributed by atoms with Gasteiger partial charge in [0.05, 0.1) is 33.0 Å². The Kier molecular flexibility index (Phi) is 14.4. The standard InChI is InChI=1S/C46H46O6.W/c1-2-35-24-15-25-40(28-35)41-26-27-51-46(29-41)45(50-33-39-22-13-6-14-23-39)44(49-32-38-20-11-5-12-21-38)43(48-31-37-18-9-4-10-19-37)42(52-46)34-47-30-36-16-7-3-8-17-36;/h3-25,42-45H,2,26-27,30-34H2,1H3;/q-2;+2/t42-,43-,44+,45-,46+;/m1./s1. The van der Waals surface area contributed by atoms with Crippen LogP contribution in [0.3, 0.4) is 0 Å². The van der Waals surface area contributed by atoms with E-state index in [1.807, 2.05) is 72.8 Å². The molecule has 1 saturated heterocycles. The molecule has 7 rings (SSSR count). The number of hydrogen-bond donors (Lipinski definition) is 0. The second kappa shape index (κ2) is 19.6. The fourth-order valence-corrected chi connectivity index (χ4v) is 6.77. The summed E-state index contributed by atoms with van der Waals surface area (Å²) in [6, 6.07) is 50.5. The second-order valence-electron chi connectivity index (χ2n) is 13.2. The predicted molar refractivity (Wildman–Crippen MR) is 201 cm³/mol. The van der Waals surface area contributed by atoms with Crippen LogP contribution in [0, 0.1) is 12.1 Å². The molecule has 53 heavy (non-hydrogen) atoms. The molecule has 0 radical (unpaired) electrons. The van der Waals surface area contributed by atoms with Gasteiger partial charge in [0.2, 0.25) is 0 Å². The van der Waals surface area contributed by atoms with E-state index in [2.05, 4.69) is 85.8 Å². The van der Waals surface area contributed by atoms with E-state index in [0.29, 0.717) is 39.5 Å². The van der Waals surface area contributed by atoms with Crippen molar-refractivity contribution < 1.29 is 49.5 Å². The van der Waals surface area contributed by atoms with E-state index >= 15 is 0 Å². The van der Waals surface area contributed by atoms with Crippen LogP contribution in [-0.2, 0) is 82.3 Å². The zero-order chi connectivity index (χ0) is 35.4. The molecule has 2 aliphatic rings. The smallest absolute Gasteiger partial charge is 0.374 e. The van der Waals surface area contributed by atoms with Gasteiger partial charge in [-0.1, -0.05) is 135 Å². The Morgan fingerprint density at radius 1 is 0.623 bits per heavy atom. The summed E-state index contributed by atoms with van der Waals surface area (Å²) in [6.45, 7) is 4.24. The normalized spacial score (nSPS) is 22.5. The Morgan fingerprint density at radius 2 is 1.15 bits per heavy atom. The summed E-state index contributed by atoms with van der Waals surface area (Å²) in [5.41, 5.74) is 7.28. The van der Waals surface area contributed by atoms with Gasteiger partial charge in [-0.05, 0) is 28.7 Å². The molecule has 7 heteroatoms. The van der Waals surface area contributed by atoms with Crippen LogP contribution in [0.4, 0.5) is 0 Å². The number of ether oxygens (including phenoxy) is 6. The topological polar surface area (TPSA) is 55.4 Å². The third-order valence-corrected chi connectivity index (χ3v) is 9.48. The van der Waals surface area contributed by atoms with Crippen molar-refractivity contribution in [3.8, 4) is 0 Å². The van der Waals surface area contributed by atoms with Gasteiger partial charge in [0.25, 0.3) is 0 Å². The molecule has 0 N–H and O–H groups in total. The minimum Gasteiger partial charge on any atom is -0.374 e. The van der Waals surface area contributed by atoms with E-state index in [-0.39, 0.29) is 27.7 Å². The summed E-state index contributed by atoms with van der Waals surface area (Å²) in [5, 5.41) is 0. The maximum absolute atomic E-state index is 7.12. The molecule has 5 aromatic carbocycles. The van der Waals surface area contributed by atoms with Gasteiger partial charge in [0.1, 0.15) is 30.2 Å². The van der Waals surface area contributed by atoms with Crippen molar-refractivity contribution >= 4 is 5.57 Å². The molecular weight excluding hydrogens is 832 g/mol. The quantitative estimate of drug-likeness (QED) is 0.0982. The van der Waals surface area contributed by atoms with Crippen LogP contribution in [0.2, 0.25) is 0 Å². The molecule has 2 heterocycles. The van der Waals surface area contributed by atoms with Gasteiger partial charge in [0.15, 0.2) is 0 Å². The van der Waals surface area contributed by atoms with Crippen LogP contribution in [0.25, 0.3) is 5.57 Å². The molecule has 5 aromatic rings. The molecule has 0 unspecified atom stereocenters. The first kappa shape index (κ1) is 39.0. The summed E-state index contributed by atoms with van der Waals surface area (Å²) < 4.78 is 40.9. The maximum atomic E-state index is 7.12. The van der Waals surface area contributed by atoms with Gasteiger partial charge < -0.3 is 34.0 Å². The van der Waals surface area contributed by atoms with Crippen LogP contribution in [0.1, 0.15) is 46.7 Å². The maximum Gasteiger partial charge on any atom is 2.00 e. The third-order valence-electron chi connectivity index (χ3n) is 9.48. The van der Waals surface area contributed by atoms with E-state index in [9.17, 15) is 0 Å². The van der Waals surface area contributed by atoms with Gasteiger partial charge in [-0.3, -0.25) is 11.6 Å². The van der Waals surface area contributed by atoms with Crippen molar-refractivity contribution in [2.24, 2.45) is 0 Å². The first-order chi connectivity index (χ1) is 25.7. The van der Waals surface area contributed by atoms with Crippen LogP contribution >= 0.6 is 0 Å². The number of hydrogen-bond acceptors (Lipinski definition) is 6. The van der Waals surface area contributed by atoms with Crippen molar-refractivity contribution in [2.45, 2.75) is 76.4 Å². The molecular formula is C46H46O6W. The molecule has 0 amide bonds. The Morgan fingerprint density at radius 3 is 1.72 bits per heavy atom. The van der Waals surface area contributed by atoms with Gasteiger partial charge in [-0.25, -0.2) is 12.1 Å². The number of benzene rings is 5.